The van der Waals surface area contributed by atoms with Gasteiger partial charge in [0.05, 0.1) is 19.3 Å². The molecular weight excluding hydrogens is 389 g/mol. The number of nitrogens with zero attached hydrogens (tertiary/aromatic N) is 1. The van der Waals surface area contributed by atoms with E-state index in [0.717, 1.165) is 18.2 Å². The number of likely N-dealkylation sites (N-methyl/N-ethyl adjacent to an activating group) is 1. The van der Waals surface area contributed by atoms with Crippen LogP contribution >= 0.6 is 0 Å². The van der Waals surface area contributed by atoms with Gasteiger partial charge in [-0.05, 0) is 30.3 Å². The molecule has 8 nitrogen and oxygen atoms in total. The Morgan fingerprint density at radius 3 is 2.46 bits per heavy atom. The predicted octanol–water partition coefficient (Wildman–Crippen LogP) is 1.45. The molecule has 0 bridgehead atoms. The van der Waals surface area contributed by atoms with Crippen LogP contribution in [0, 0.1) is 5.82 Å². The minimum Gasteiger partial charge on any atom is -0.495 e. The molecule has 0 aliphatic heterocycles. The first kappa shape index (κ1) is 21.2. The van der Waals surface area contributed by atoms with E-state index in [9.17, 15) is 22.4 Å². The van der Waals surface area contributed by atoms with Crippen LogP contribution < -0.4 is 14.8 Å². The summed E-state index contributed by atoms with van der Waals surface area (Å²) < 4.78 is 46.7. The van der Waals surface area contributed by atoms with Crippen molar-refractivity contribution in [3.05, 3.63) is 53.8 Å². The Bertz CT molecular complexity index is 992. The van der Waals surface area contributed by atoms with E-state index >= 15 is 0 Å². The molecule has 0 heterocycles. The van der Waals surface area contributed by atoms with Crippen LogP contribution in [0.15, 0.2) is 47.4 Å². The van der Waals surface area contributed by atoms with Gasteiger partial charge in [0.25, 0.3) is 15.9 Å². The second kappa shape index (κ2) is 8.70. The van der Waals surface area contributed by atoms with Crippen molar-refractivity contribution in [2.75, 3.05) is 32.5 Å². The number of hydrogen-bond donors (Lipinski definition) is 2. The first-order valence-electron chi connectivity index (χ1n) is 8.09. The van der Waals surface area contributed by atoms with E-state index in [2.05, 4.69) is 10.0 Å². The largest absolute Gasteiger partial charge is 0.495 e. The van der Waals surface area contributed by atoms with Gasteiger partial charge in [-0.25, -0.2) is 12.8 Å². The molecule has 0 unspecified atom stereocenters. The van der Waals surface area contributed by atoms with Crippen LogP contribution in [-0.4, -0.2) is 52.9 Å². The summed E-state index contributed by atoms with van der Waals surface area (Å²) in [5.74, 6) is -1.82. The fourth-order valence-electron chi connectivity index (χ4n) is 2.20. The van der Waals surface area contributed by atoms with Crippen molar-refractivity contribution < 1.29 is 27.1 Å². The maximum atomic E-state index is 14.2. The number of halogens is 1. The summed E-state index contributed by atoms with van der Waals surface area (Å²) >= 11 is 0. The molecule has 2 aromatic carbocycles. The van der Waals surface area contributed by atoms with Gasteiger partial charge < -0.3 is 15.0 Å². The second-order valence-corrected chi connectivity index (χ2v) is 7.57. The highest BCUT2D eigenvalue weighted by atomic mass is 32.2. The van der Waals surface area contributed by atoms with E-state index in [1.807, 2.05) is 0 Å². The quantitative estimate of drug-likeness (QED) is 0.720. The Balaban J connectivity index is 2.28. The molecule has 0 aliphatic carbocycles. The van der Waals surface area contributed by atoms with Gasteiger partial charge in [-0.3, -0.25) is 14.3 Å². The Morgan fingerprint density at radius 1 is 1.14 bits per heavy atom. The van der Waals surface area contributed by atoms with Crippen molar-refractivity contribution in [2.45, 2.75) is 4.90 Å². The number of sulfonamides is 1. The van der Waals surface area contributed by atoms with Gasteiger partial charge in [-0.15, -0.1) is 0 Å². The molecule has 0 fully saturated rings. The Labute approximate surface area is 162 Å². The molecule has 2 N–H and O–H groups in total. The fraction of sp³-hybridized carbons (Fsp3) is 0.222. The number of nitrogens with one attached hydrogen (secondary N) is 2. The molecule has 0 saturated heterocycles. The highest BCUT2D eigenvalue weighted by Gasteiger charge is 2.23. The summed E-state index contributed by atoms with van der Waals surface area (Å²) in [4.78, 5) is 24.3. The number of ether oxygens (including phenoxy) is 1. The molecular formula is C18H20FN3O5S. The third-order valence-corrected chi connectivity index (χ3v) is 5.11. The number of para-hydroxylation sites is 2. The number of anilines is 1. The van der Waals surface area contributed by atoms with Crippen molar-refractivity contribution in [1.29, 1.82) is 0 Å². The third kappa shape index (κ3) is 4.97. The van der Waals surface area contributed by atoms with Crippen molar-refractivity contribution in [1.82, 2.24) is 10.2 Å². The van der Waals surface area contributed by atoms with E-state index in [-0.39, 0.29) is 29.5 Å². The topological polar surface area (TPSA) is 105 Å². The number of hydrogen-bond acceptors (Lipinski definition) is 5. The number of carbonyl (C=O) groups is 2. The number of methoxy groups -OCH3 is 1. The van der Waals surface area contributed by atoms with Gasteiger partial charge >= 0.3 is 0 Å². The van der Waals surface area contributed by atoms with E-state index in [0.29, 0.717) is 0 Å². The van der Waals surface area contributed by atoms with Gasteiger partial charge in [-0.2, -0.15) is 0 Å². The standard InChI is InChI=1S/C18H20FN3O5S/c1-22(2)17(23)11-20-18(24)12-8-9-13(19)16(10-12)28(25,26)21-14-6-4-5-7-15(14)27-3/h4-10,21H,11H2,1-3H3,(H,20,24). The normalized spacial score (nSPS) is 10.9. The monoisotopic (exact) mass is 409 g/mol. The third-order valence-electron chi connectivity index (χ3n) is 3.73. The molecule has 2 aromatic rings. The van der Waals surface area contributed by atoms with E-state index < -0.39 is 26.6 Å². The molecule has 0 aliphatic rings. The summed E-state index contributed by atoms with van der Waals surface area (Å²) in [5, 5.41) is 2.36. The fourth-order valence-corrected chi connectivity index (χ4v) is 3.37. The smallest absolute Gasteiger partial charge is 0.264 e. The van der Waals surface area contributed by atoms with E-state index in [4.69, 9.17) is 4.74 Å². The van der Waals surface area contributed by atoms with Crippen molar-refractivity contribution >= 4 is 27.5 Å². The predicted molar refractivity (Wildman–Crippen MR) is 101 cm³/mol. The first-order chi connectivity index (χ1) is 13.2. The lowest BCUT2D eigenvalue weighted by molar-refractivity contribution is -0.127. The zero-order valence-corrected chi connectivity index (χ0v) is 16.3. The van der Waals surface area contributed by atoms with Crippen molar-refractivity contribution in [2.24, 2.45) is 0 Å². The van der Waals surface area contributed by atoms with Gasteiger partial charge in [-0.1, -0.05) is 12.1 Å². The van der Waals surface area contributed by atoms with Gasteiger partial charge in [0.2, 0.25) is 5.91 Å². The average molecular weight is 409 g/mol. The summed E-state index contributed by atoms with van der Waals surface area (Å²) in [7, 11) is 0.0880. The molecule has 2 amide bonds. The van der Waals surface area contributed by atoms with Crippen LogP contribution in [0.5, 0.6) is 5.75 Å². The lowest BCUT2D eigenvalue weighted by Crippen LogP contribution is -2.36. The molecule has 10 heteroatoms. The van der Waals surface area contributed by atoms with Crippen LogP contribution in [0.1, 0.15) is 10.4 Å². The summed E-state index contributed by atoms with van der Waals surface area (Å²) in [6.45, 7) is -0.273. The van der Waals surface area contributed by atoms with Crippen LogP contribution in [0.2, 0.25) is 0 Å². The van der Waals surface area contributed by atoms with E-state index in [1.54, 1.807) is 18.2 Å². The number of benzene rings is 2. The van der Waals surface area contributed by atoms with Crippen LogP contribution in [0.25, 0.3) is 0 Å². The first-order valence-corrected chi connectivity index (χ1v) is 9.57. The lowest BCUT2D eigenvalue weighted by atomic mass is 10.2. The molecule has 0 aromatic heterocycles. The van der Waals surface area contributed by atoms with Gasteiger partial charge in [0.15, 0.2) is 0 Å². The maximum absolute atomic E-state index is 14.2. The van der Waals surface area contributed by atoms with Crippen molar-refractivity contribution in [3.63, 3.8) is 0 Å². The zero-order chi connectivity index (χ0) is 20.9. The van der Waals surface area contributed by atoms with E-state index in [1.165, 1.54) is 32.2 Å². The average Bonchev–Trinajstić information content (AvgIpc) is 2.66. The minimum atomic E-state index is -4.34. The van der Waals surface area contributed by atoms with Gasteiger partial charge in [0, 0.05) is 19.7 Å². The number of carbonyl (C=O) groups excluding carboxylic acids is 2. The Morgan fingerprint density at radius 2 is 1.82 bits per heavy atom. The highest BCUT2D eigenvalue weighted by molar-refractivity contribution is 7.92. The molecule has 0 atom stereocenters. The molecule has 150 valence electrons. The minimum absolute atomic E-state index is 0.103. The summed E-state index contributed by atoms with van der Waals surface area (Å²) in [6.07, 6.45) is 0. The Kier molecular flexibility index (Phi) is 6.57. The Hall–Kier alpha value is -3.14. The van der Waals surface area contributed by atoms with Crippen LogP contribution in [0.4, 0.5) is 10.1 Å². The number of rotatable bonds is 7. The van der Waals surface area contributed by atoms with Crippen molar-refractivity contribution in [3.8, 4) is 5.75 Å². The van der Waals surface area contributed by atoms with Crippen LogP contribution in [-0.2, 0) is 14.8 Å². The molecule has 0 spiro atoms. The zero-order valence-electron chi connectivity index (χ0n) is 15.5. The molecule has 2 rings (SSSR count). The second-order valence-electron chi connectivity index (χ2n) is 5.92. The van der Waals surface area contributed by atoms with Gasteiger partial charge in [0.1, 0.15) is 16.5 Å². The number of amides is 2. The maximum Gasteiger partial charge on any atom is 0.264 e. The molecule has 28 heavy (non-hydrogen) atoms. The molecule has 0 radical (unpaired) electrons. The SMILES string of the molecule is COc1ccccc1NS(=O)(=O)c1cc(C(=O)NCC(=O)N(C)C)ccc1F. The molecule has 0 saturated carbocycles. The highest BCUT2D eigenvalue weighted by Crippen LogP contribution is 2.27. The summed E-state index contributed by atoms with van der Waals surface area (Å²) in [5.41, 5.74) is 0.0178. The lowest BCUT2D eigenvalue weighted by Gasteiger charge is -2.13. The summed E-state index contributed by atoms with van der Waals surface area (Å²) in [6, 6.07) is 9.14. The van der Waals surface area contributed by atoms with Crippen LogP contribution in [0.3, 0.4) is 0 Å².